The summed E-state index contributed by atoms with van der Waals surface area (Å²) >= 11 is 0. The van der Waals surface area contributed by atoms with Crippen LogP contribution in [0.1, 0.15) is 18.1 Å². The van der Waals surface area contributed by atoms with Crippen molar-refractivity contribution < 1.29 is 4.74 Å². The lowest BCUT2D eigenvalue weighted by atomic mass is 10.0. The van der Waals surface area contributed by atoms with E-state index < -0.39 is 0 Å². The Morgan fingerprint density at radius 1 is 0.792 bits per heavy atom. The van der Waals surface area contributed by atoms with Gasteiger partial charge >= 0.3 is 0 Å². The topological polar surface area (TPSA) is 12.5 Å². The fourth-order valence-corrected chi connectivity index (χ4v) is 2.72. The molecule has 0 saturated heterocycles. The second-order valence-electron chi connectivity index (χ2n) is 5.93. The maximum absolute atomic E-state index is 6.26. The maximum atomic E-state index is 6.26. The minimum absolute atomic E-state index is 0.0516. The molecule has 0 bridgehead atoms. The van der Waals surface area contributed by atoms with E-state index in [2.05, 4.69) is 67.4 Å². The van der Waals surface area contributed by atoms with Gasteiger partial charge < -0.3 is 9.64 Å². The highest BCUT2D eigenvalue weighted by molar-refractivity contribution is 5.46. The van der Waals surface area contributed by atoms with Crippen molar-refractivity contribution >= 4 is 5.69 Å². The van der Waals surface area contributed by atoms with Crippen LogP contribution in [0, 0.1) is 0 Å². The fourth-order valence-electron chi connectivity index (χ4n) is 2.72. The van der Waals surface area contributed by atoms with Gasteiger partial charge in [-0.05, 0) is 36.2 Å². The first-order valence-corrected chi connectivity index (χ1v) is 8.30. The van der Waals surface area contributed by atoms with Gasteiger partial charge in [-0.25, -0.2) is 0 Å². The van der Waals surface area contributed by atoms with Gasteiger partial charge in [-0.15, -0.1) is 0 Å². The summed E-state index contributed by atoms with van der Waals surface area (Å²) in [5.74, 6) is 0.941. The number of ether oxygens (including phenoxy) is 1. The first kappa shape index (κ1) is 16.1. The number of para-hydroxylation sites is 2. The van der Waals surface area contributed by atoms with Gasteiger partial charge in [0.15, 0.2) is 6.23 Å². The second kappa shape index (κ2) is 7.69. The zero-order chi connectivity index (χ0) is 16.8. The first-order valence-electron chi connectivity index (χ1n) is 8.30. The fraction of sp³-hybridized carbons (Fsp3) is 0.182. The lowest BCUT2D eigenvalue weighted by Crippen LogP contribution is -2.34. The van der Waals surface area contributed by atoms with Crippen molar-refractivity contribution in [2.45, 2.75) is 19.6 Å². The van der Waals surface area contributed by atoms with Crippen LogP contribution in [-0.2, 0) is 6.42 Å². The van der Waals surface area contributed by atoms with Crippen molar-refractivity contribution in [3.63, 3.8) is 0 Å². The van der Waals surface area contributed by atoms with Crippen molar-refractivity contribution in [2.24, 2.45) is 0 Å². The Kier molecular flexibility index (Phi) is 5.17. The highest BCUT2D eigenvalue weighted by atomic mass is 16.5. The zero-order valence-corrected chi connectivity index (χ0v) is 14.2. The highest BCUT2D eigenvalue weighted by Crippen LogP contribution is 2.24. The van der Waals surface area contributed by atoms with Gasteiger partial charge in [0.25, 0.3) is 0 Å². The van der Waals surface area contributed by atoms with Gasteiger partial charge in [0.2, 0.25) is 0 Å². The summed E-state index contributed by atoms with van der Waals surface area (Å²) in [5, 5.41) is 0. The minimum atomic E-state index is -0.0516. The van der Waals surface area contributed by atoms with Crippen LogP contribution in [0.2, 0.25) is 0 Å². The van der Waals surface area contributed by atoms with Gasteiger partial charge in [-0.2, -0.15) is 0 Å². The number of benzene rings is 3. The summed E-state index contributed by atoms with van der Waals surface area (Å²) in [6, 6.07) is 29.1. The van der Waals surface area contributed by atoms with Gasteiger partial charge in [0, 0.05) is 19.2 Å². The van der Waals surface area contributed by atoms with E-state index in [1.165, 1.54) is 11.1 Å². The van der Waals surface area contributed by atoms with Crippen LogP contribution in [0.15, 0.2) is 84.9 Å². The van der Waals surface area contributed by atoms with Crippen LogP contribution in [-0.4, -0.2) is 13.3 Å². The van der Waals surface area contributed by atoms with E-state index in [9.17, 15) is 0 Å². The molecule has 0 radical (unpaired) electrons. The van der Waals surface area contributed by atoms with E-state index >= 15 is 0 Å². The van der Waals surface area contributed by atoms with E-state index in [4.69, 9.17) is 4.74 Å². The van der Waals surface area contributed by atoms with Crippen LogP contribution < -0.4 is 9.64 Å². The summed E-state index contributed by atoms with van der Waals surface area (Å²) in [6.07, 6.45) is 0.822. The van der Waals surface area contributed by atoms with Crippen molar-refractivity contribution in [3.8, 4) is 5.75 Å². The molecule has 24 heavy (non-hydrogen) atoms. The lowest BCUT2D eigenvalue weighted by Gasteiger charge is -2.28. The predicted molar refractivity (Wildman–Crippen MR) is 101 cm³/mol. The van der Waals surface area contributed by atoms with Crippen LogP contribution in [0.4, 0.5) is 5.69 Å². The van der Waals surface area contributed by atoms with Crippen molar-refractivity contribution in [3.05, 3.63) is 96.1 Å². The molecule has 0 N–H and O–H groups in total. The Morgan fingerprint density at radius 3 is 2.08 bits per heavy atom. The van der Waals surface area contributed by atoms with Gasteiger partial charge in [-0.3, -0.25) is 0 Å². The molecule has 1 atom stereocenters. The van der Waals surface area contributed by atoms with Gasteiger partial charge in [0.1, 0.15) is 5.75 Å². The third kappa shape index (κ3) is 3.96. The maximum Gasteiger partial charge on any atom is 0.169 e. The van der Waals surface area contributed by atoms with Gasteiger partial charge in [-0.1, -0.05) is 66.7 Å². The molecule has 0 aliphatic heterocycles. The largest absolute Gasteiger partial charge is 0.471 e. The van der Waals surface area contributed by atoms with E-state index in [0.29, 0.717) is 0 Å². The quantitative estimate of drug-likeness (QED) is 0.584. The molecule has 2 nitrogen and oxygen atoms in total. The van der Waals surface area contributed by atoms with Crippen molar-refractivity contribution in [2.75, 3.05) is 11.9 Å². The summed E-state index contributed by atoms with van der Waals surface area (Å²) in [5.41, 5.74) is 3.64. The monoisotopic (exact) mass is 317 g/mol. The molecule has 0 fully saturated rings. The van der Waals surface area contributed by atoms with E-state index in [-0.39, 0.29) is 6.23 Å². The third-order valence-electron chi connectivity index (χ3n) is 4.22. The molecule has 0 saturated carbocycles. The Balaban J connectivity index is 1.75. The molecule has 0 aromatic heterocycles. The van der Waals surface area contributed by atoms with E-state index in [1.807, 2.05) is 36.4 Å². The number of nitrogens with zero attached hydrogens (tertiary/aromatic N) is 1. The zero-order valence-electron chi connectivity index (χ0n) is 14.2. The average Bonchev–Trinajstić information content (AvgIpc) is 2.64. The molecule has 1 unspecified atom stereocenters. The number of anilines is 1. The molecule has 0 amide bonds. The summed E-state index contributed by atoms with van der Waals surface area (Å²) in [7, 11) is 2.06. The molecule has 3 aromatic rings. The Labute approximate surface area is 144 Å². The molecular formula is C22H23NO. The van der Waals surface area contributed by atoms with Crippen LogP contribution in [0.5, 0.6) is 5.75 Å². The molecule has 0 spiro atoms. The van der Waals surface area contributed by atoms with Crippen LogP contribution in [0.25, 0.3) is 0 Å². The average molecular weight is 317 g/mol. The summed E-state index contributed by atoms with van der Waals surface area (Å²) in [6.45, 7) is 2.08. The highest BCUT2D eigenvalue weighted by Gasteiger charge is 2.13. The van der Waals surface area contributed by atoms with E-state index in [0.717, 1.165) is 17.9 Å². The first-order chi connectivity index (χ1) is 11.7. The summed E-state index contributed by atoms with van der Waals surface area (Å²) in [4.78, 5) is 2.14. The number of rotatable bonds is 6. The van der Waals surface area contributed by atoms with Gasteiger partial charge in [0.05, 0.1) is 0 Å². The molecule has 0 heterocycles. The SMILES string of the molecule is CC(Oc1ccccc1Cc1ccccc1)N(C)c1ccccc1. The Bertz CT molecular complexity index is 755. The van der Waals surface area contributed by atoms with E-state index in [1.54, 1.807) is 0 Å². The molecular weight excluding hydrogens is 294 g/mol. The van der Waals surface area contributed by atoms with Crippen LogP contribution >= 0.6 is 0 Å². The Hall–Kier alpha value is -2.74. The molecule has 0 aliphatic rings. The summed E-state index contributed by atoms with van der Waals surface area (Å²) < 4.78 is 6.26. The lowest BCUT2D eigenvalue weighted by molar-refractivity contribution is 0.220. The molecule has 3 aromatic carbocycles. The molecule has 0 aliphatic carbocycles. The standard InChI is InChI=1S/C22H23NO/c1-18(23(2)21-14-7-4-8-15-21)24-22-16-10-9-13-20(22)17-19-11-5-3-6-12-19/h3-16,18H,17H2,1-2H3. The molecule has 2 heteroatoms. The Morgan fingerprint density at radius 2 is 1.38 bits per heavy atom. The van der Waals surface area contributed by atoms with Crippen molar-refractivity contribution in [1.29, 1.82) is 0 Å². The number of hydrogen-bond acceptors (Lipinski definition) is 2. The normalized spacial score (nSPS) is 11.8. The molecule has 3 rings (SSSR count). The third-order valence-corrected chi connectivity index (χ3v) is 4.22. The van der Waals surface area contributed by atoms with Crippen LogP contribution in [0.3, 0.4) is 0 Å². The molecule has 122 valence electrons. The smallest absolute Gasteiger partial charge is 0.169 e. The van der Waals surface area contributed by atoms with Crippen molar-refractivity contribution in [1.82, 2.24) is 0 Å². The minimum Gasteiger partial charge on any atom is -0.471 e. The second-order valence-corrected chi connectivity index (χ2v) is 5.93. The predicted octanol–water partition coefficient (Wildman–Crippen LogP) is 5.14. The number of hydrogen-bond donors (Lipinski definition) is 0.